The zero-order chi connectivity index (χ0) is 13.1. The average Bonchev–Trinajstić information content (AvgIpc) is 2.37. The van der Waals surface area contributed by atoms with Gasteiger partial charge in [-0.05, 0) is 31.0 Å². The van der Waals surface area contributed by atoms with Crippen molar-refractivity contribution in [2.45, 2.75) is 17.7 Å². The molecular formula is C13H16BrNO3. The first kappa shape index (κ1) is 13.2. The fraction of sp³-hybridized carbons (Fsp3) is 0.462. The molecule has 1 aliphatic rings. The highest BCUT2D eigenvalue weighted by Crippen LogP contribution is 2.27. The van der Waals surface area contributed by atoms with Crippen LogP contribution < -0.4 is 4.74 Å². The molecule has 4 nitrogen and oxygen atoms in total. The van der Waals surface area contributed by atoms with Crippen LogP contribution in [-0.2, 0) is 0 Å². The lowest BCUT2D eigenvalue weighted by Gasteiger charge is -2.30. The molecule has 98 valence electrons. The molecule has 2 rings (SSSR count). The van der Waals surface area contributed by atoms with Crippen molar-refractivity contribution in [2.75, 3.05) is 20.2 Å². The summed E-state index contributed by atoms with van der Waals surface area (Å²) in [6.45, 7) is 1.49. The highest BCUT2D eigenvalue weighted by molar-refractivity contribution is 9.09. The summed E-state index contributed by atoms with van der Waals surface area (Å²) in [4.78, 5) is 14.4. The first-order valence-corrected chi connectivity index (χ1v) is 6.83. The summed E-state index contributed by atoms with van der Waals surface area (Å²) in [6, 6.07) is 4.75. The number of piperidine rings is 1. The van der Waals surface area contributed by atoms with Gasteiger partial charge in [-0.1, -0.05) is 15.9 Å². The average molecular weight is 314 g/mol. The molecule has 1 saturated heterocycles. The Bertz CT molecular complexity index is 450. The fourth-order valence-corrected chi connectivity index (χ4v) is 2.79. The van der Waals surface area contributed by atoms with Crippen LogP contribution in [0.3, 0.4) is 0 Å². The van der Waals surface area contributed by atoms with Gasteiger partial charge in [-0.3, -0.25) is 4.79 Å². The van der Waals surface area contributed by atoms with Crippen LogP contribution in [0, 0.1) is 0 Å². The molecule has 1 amide bonds. The smallest absolute Gasteiger partial charge is 0.254 e. The van der Waals surface area contributed by atoms with E-state index >= 15 is 0 Å². The van der Waals surface area contributed by atoms with Crippen molar-refractivity contribution < 1.29 is 14.6 Å². The van der Waals surface area contributed by atoms with Gasteiger partial charge in [0.05, 0.1) is 7.11 Å². The number of carbonyl (C=O) groups excluding carboxylic acids is 1. The second-order valence-corrected chi connectivity index (χ2v) is 5.67. The summed E-state index contributed by atoms with van der Waals surface area (Å²) in [7, 11) is 1.48. The number of rotatable bonds is 2. The van der Waals surface area contributed by atoms with Gasteiger partial charge in [0.1, 0.15) is 0 Å². The quantitative estimate of drug-likeness (QED) is 0.853. The summed E-state index contributed by atoms with van der Waals surface area (Å²) in [6.07, 6.45) is 2.10. The standard InChI is InChI=1S/C13H16BrNO3/c1-18-12-5-4-9(7-11(12)16)13(17)15-6-2-3-10(14)8-15/h4-5,7,10,16H,2-3,6,8H2,1H3. The van der Waals surface area contributed by atoms with E-state index in [0.717, 1.165) is 19.4 Å². The van der Waals surface area contributed by atoms with E-state index in [9.17, 15) is 9.90 Å². The monoisotopic (exact) mass is 313 g/mol. The lowest BCUT2D eigenvalue weighted by atomic mass is 10.1. The van der Waals surface area contributed by atoms with Crippen molar-refractivity contribution in [2.24, 2.45) is 0 Å². The Labute approximate surface area is 115 Å². The molecule has 1 aromatic rings. The van der Waals surface area contributed by atoms with E-state index in [4.69, 9.17) is 4.74 Å². The van der Waals surface area contributed by atoms with E-state index in [2.05, 4.69) is 15.9 Å². The molecular weight excluding hydrogens is 298 g/mol. The first-order valence-electron chi connectivity index (χ1n) is 5.92. The molecule has 0 aliphatic carbocycles. The predicted octanol–water partition coefficient (Wildman–Crippen LogP) is 2.40. The van der Waals surface area contributed by atoms with Crippen LogP contribution in [0.1, 0.15) is 23.2 Å². The van der Waals surface area contributed by atoms with E-state index in [0.29, 0.717) is 22.7 Å². The van der Waals surface area contributed by atoms with Gasteiger partial charge in [0.2, 0.25) is 0 Å². The second kappa shape index (κ2) is 5.61. The van der Waals surface area contributed by atoms with Crippen LogP contribution in [0.5, 0.6) is 11.5 Å². The minimum atomic E-state index is -0.0443. The molecule has 0 radical (unpaired) electrons. The maximum atomic E-state index is 12.3. The molecule has 1 N–H and O–H groups in total. The molecule has 1 atom stereocenters. The molecule has 0 spiro atoms. The predicted molar refractivity (Wildman–Crippen MR) is 72.5 cm³/mol. The fourth-order valence-electron chi connectivity index (χ4n) is 2.12. The van der Waals surface area contributed by atoms with Gasteiger partial charge >= 0.3 is 0 Å². The maximum Gasteiger partial charge on any atom is 0.254 e. The zero-order valence-electron chi connectivity index (χ0n) is 10.2. The number of alkyl halides is 1. The normalized spacial score (nSPS) is 19.7. The second-order valence-electron chi connectivity index (χ2n) is 4.38. The van der Waals surface area contributed by atoms with Crippen LogP contribution in [0.4, 0.5) is 0 Å². The van der Waals surface area contributed by atoms with Gasteiger partial charge in [0.15, 0.2) is 11.5 Å². The number of benzene rings is 1. The summed E-state index contributed by atoms with van der Waals surface area (Å²) in [5.74, 6) is 0.330. The number of hydrogen-bond acceptors (Lipinski definition) is 3. The van der Waals surface area contributed by atoms with Gasteiger partial charge < -0.3 is 14.7 Å². The molecule has 1 heterocycles. The van der Waals surface area contributed by atoms with Crippen molar-refractivity contribution in [3.63, 3.8) is 0 Å². The molecule has 18 heavy (non-hydrogen) atoms. The minimum absolute atomic E-state index is 0.00393. The van der Waals surface area contributed by atoms with Crippen LogP contribution in [0.25, 0.3) is 0 Å². The summed E-state index contributed by atoms with van der Waals surface area (Å²) in [5, 5.41) is 9.69. The van der Waals surface area contributed by atoms with Gasteiger partial charge in [-0.15, -0.1) is 0 Å². The lowest BCUT2D eigenvalue weighted by Crippen LogP contribution is -2.40. The summed E-state index contributed by atoms with van der Waals surface area (Å²) in [5.41, 5.74) is 0.495. The lowest BCUT2D eigenvalue weighted by molar-refractivity contribution is 0.0729. The molecule has 1 aliphatic heterocycles. The molecule has 0 aromatic heterocycles. The number of methoxy groups -OCH3 is 1. The number of likely N-dealkylation sites (tertiary alicyclic amines) is 1. The molecule has 0 bridgehead atoms. The first-order chi connectivity index (χ1) is 8.61. The third-order valence-electron chi connectivity index (χ3n) is 3.08. The molecule has 1 unspecified atom stereocenters. The van der Waals surface area contributed by atoms with E-state index in [1.54, 1.807) is 12.1 Å². The van der Waals surface area contributed by atoms with E-state index in [1.165, 1.54) is 13.2 Å². The van der Waals surface area contributed by atoms with Gasteiger partial charge in [-0.2, -0.15) is 0 Å². The third kappa shape index (κ3) is 2.77. The Kier molecular flexibility index (Phi) is 4.11. The molecule has 1 aromatic carbocycles. The number of phenolic OH excluding ortho intramolecular Hbond substituents is 1. The van der Waals surface area contributed by atoms with E-state index in [1.807, 2.05) is 4.90 Å². The summed E-state index contributed by atoms with van der Waals surface area (Å²) < 4.78 is 4.96. The van der Waals surface area contributed by atoms with Crippen molar-refractivity contribution in [3.05, 3.63) is 23.8 Å². The number of ether oxygens (including phenoxy) is 1. The Hall–Kier alpha value is -1.23. The van der Waals surface area contributed by atoms with Crippen molar-refractivity contribution in [3.8, 4) is 11.5 Å². The SMILES string of the molecule is COc1ccc(C(=O)N2CCCC(Br)C2)cc1O. The highest BCUT2D eigenvalue weighted by Gasteiger charge is 2.23. The number of aromatic hydroxyl groups is 1. The summed E-state index contributed by atoms with van der Waals surface area (Å²) >= 11 is 3.54. The number of amides is 1. The van der Waals surface area contributed by atoms with Crippen LogP contribution in [-0.4, -0.2) is 40.9 Å². The number of hydrogen-bond donors (Lipinski definition) is 1. The number of phenols is 1. The van der Waals surface area contributed by atoms with Crippen LogP contribution in [0.15, 0.2) is 18.2 Å². The van der Waals surface area contributed by atoms with Gasteiger partial charge in [0, 0.05) is 23.5 Å². The number of halogens is 1. The van der Waals surface area contributed by atoms with Crippen molar-refractivity contribution in [1.82, 2.24) is 4.90 Å². The van der Waals surface area contributed by atoms with Gasteiger partial charge in [0.25, 0.3) is 5.91 Å². The molecule has 5 heteroatoms. The molecule has 1 fully saturated rings. The van der Waals surface area contributed by atoms with E-state index in [-0.39, 0.29) is 11.7 Å². The number of nitrogens with zero attached hydrogens (tertiary/aromatic N) is 1. The third-order valence-corrected chi connectivity index (χ3v) is 3.82. The van der Waals surface area contributed by atoms with Crippen molar-refractivity contribution in [1.29, 1.82) is 0 Å². The van der Waals surface area contributed by atoms with Gasteiger partial charge in [-0.25, -0.2) is 0 Å². The number of carbonyl (C=O) groups is 1. The zero-order valence-corrected chi connectivity index (χ0v) is 11.8. The van der Waals surface area contributed by atoms with Crippen LogP contribution >= 0.6 is 15.9 Å². The largest absolute Gasteiger partial charge is 0.504 e. The maximum absolute atomic E-state index is 12.3. The Balaban J connectivity index is 2.15. The minimum Gasteiger partial charge on any atom is -0.504 e. The Morgan fingerprint density at radius 2 is 2.33 bits per heavy atom. The van der Waals surface area contributed by atoms with Crippen molar-refractivity contribution >= 4 is 21.8 Å². The Morgan fingerprint density at radius 3 is 2.94 bits per heavy atom. The van der Waals surface area contributed by atoms with Crippen LogP contribution in [0.2, 0.25) is 0 Å². The highest BCUT2D eigenvalue weighted by atomic mass is 79.9. The Morgan fingerprint density at radius 1 is 1.56 bits per heavy atom. The molecule has 0 saturated carbocycles. The van der Waals surface area contributed by atoms with E-state index < -0.39 is 0 Å². The topological polar surface area (TPSA) is 49.8 Å².